The molecule has 6 nitrogen and oxygen atoms in total. The van der Waals surface area contributed by atoms with Crippen LogP contribution in [0.15, 0.2) is 5.38 Å². The highest BCUT2D eigenvalue weighted by molar-refractivity contribution is 7.09. The van der Waals surface area contributed by atoms with Gasteiger partial charge in [-0.1, -0.05) is 0 Å². The highest BCUT2D eigenvalue weighted by Gasteiger charge is 2.21. The summed E-state index contributed by atoms with van der Waals surface area (Å²) in [4.78, 5) is 29.0. The van der Waals surface area contributed by atoms with Gasteiger partial charge in [0.25, 0.3) is 5.91 Å². The van der Waals surface area contributed by atoms with Gasteiger partial charge in [-0.25, -0.2) is 4.98 Å². The summed E-state index contributed by atoms with van der Waals surface area (Å²) in [6, 6.07) is 0. The predicted molar refractivity (Wildman–Crippen MR) is 63.5 cm³/mol. The SMILES string of the molecule is NCc1nc(C(=O)N2CCNC(=O)CC2)cs1. The van der Waals surface area contributed by atoms with Crippen molar-refractivity contribution in [3.05, 3.63) is 16.1 Å². The van der Waals surface area contributed by atoms with Gasteiger partial charge in [0.15, 0.2) is 0 Å². The summed E-state index contributed by atoms with van der Waals surface area (Å²) >= 11 is 1.38. The first-order valence-electron chi connectivity index (χ1n) is 5.41. The molecule has 0 spiro atoms. The second-order valence-electron chi connectivity index (χ2n) is 3.72. The second kappa shape index (κ2) is 5.24. The van der Waals surface area contributed by atoms with E-state index in [1.165, 1.54) is 11.3 Å². The summed E-state index contributed by atoms with van der Waals surface area (Å²) in [5.74, 6) is -0.140. The maximum absolute atomic E-state index is 12.1. The van der Waals surface area contributed by atoms with Crippen molar-refractivity contribution in [1.29, 1.82) is 0 Å². The van der Waals surface area contributed by atoms with E-state index in [-0.39, 0.29) is 11.8 Å². The third-order valence-corrected chi connectivity index (χ3v) is 3.42. The fourth-order valence-corrected chi connectivity index (χ4v) is 2.28. The number of rotatable bonds is 2. The molecule has 0 aliphatic carbocycles. The van der Waals surface area contributed by atoms with Crippen LogP contribution in [0, 0.1) is 0 Å². The molecule has 17 heavy (non-hydrogen) atoms. The van der Waals surface area contributed by atoms with Crippen molar-refractivity contribution in [1.82, 2.24) is 15.2 Å². The van der Waals surface area contributed by atoms with E-state index in [4.69, 9.17) is 5.73 Å². The minimum Gasteiger partial charge on any atom is -0.354 e. The van der Waals surface area contributed by atoms with E-state index in [0.717, 1.165) is 5.01 Å². The minimum absolute atomic E-state index is 0.0128. The lowest BCUT2D eigenvalue weighted by atomic mass is 10.3. The van der Waals surface area contributed by atoms with E-state index in [2.05, 4.69) is 10.3 Å². The molecular formula is C10H14N4O2S. The Bertz CT molecular complexity index is 432. The zero-order valence-electron chi connectivity index (χ0n) is 9.31. The standard InChI is InChI=1S/C10H14N4O2S/c11-5-9-13-7(6-17-9)10(16)14-3-1-8(15)12-2-4-14/h6H,1-5,11H2,(H,12,15). The summed E-state index contributed by atoms with van der Waals surface area (Å²) in [7, 11) is 0. The summed E-state index contributed by atoms with van der Waals surface area (Å²) in [6.45, 7) is 1.82. The Balaban J connectivity index is 2.06. The number of carbonyl (C=O) groups excluding carboxylic acids is 2. The van der Waals surface area contributed by atoms with Crippen LogP contribution in [0.5, 0.6) is 0 Å². The van der Waals surface area contributed by atoms with Gasteiger partial charge in [0, 0.05) is 38.0 Å². The van der Waals surface area contributed by atoms with Crippen molar-refractivity contribution in [2.24, 2.45) is 5.73 Å². The van der Waals surface area contributed by atoms with E-state index in [1.54, 1.807) is 10.3 Å². The molecule has 2 heterocycles. The average Bonchev–Trinajstić information content (AvgIpc) is 2.71. The van der Waals surface area contributed by atoms with Crippen molar-refractivity contribution in [3.8, 4) is 0 Å². The van der Waals surface area contributed by atoms with Crippen molar-refractivity contribution in [2.45, 2.75) is 13.0 Å². The molecule has 0 radical (unpaired) electrons. The van der Waals surface area contributed by atoms with Gasteiger partial charge in [-0.3, -0.25) is 9.59 Å². The molecule has 92 valence electrons. The molecule has 0 bridgehead atoms. The van der Waals surface area contributed by atoms with Crippen LogP contribution < -0.4 is 11.1 Å². The number of thiazole rings is 1. The molecule has 1 saturated heterocycles. The van der Waals surface area contributed by atoms with Crippen molar-refractivity contribution in [2.75, 3.05) is 19.6 Å². The Labute approximate surface area is 103 Å². The molecule has 2 amide bonds. The van der Waals surface area contributed by atoms with Gasteiger partial charge in [-0.05, 0) is 0 Å². The number of nitrogens with zero attached hydrogens (tertiary/aromatic N) is 2. The fourth-order valence-electron chi connectivity index (χ4n) is 1.63. The van der Waals surface area contributed by atoms with Gasteiger partial charge in [0.05, 0.1) is 0 Å². The third-order valence-electron chi connectivity index (χ3n) is 2.55. The van der Waals surface area contributed by atoms with Crippen LogP contribution in [0.25, 0.3) is 0 Å². The molecule has 3 N–H and O–H groups in total. The molecule has 1 aromatic rings. The third kappa shape index (κ3) is 2.80. The van der Waals surface area contributed by atoms with Crippen molar-refractivity contribution in [3.63, 3.8) is 0 Å². The highest BCUT2D eigenvalue weighted by Crippen LogP contribution is 2.12. The Kier molecular flexibility index (Phi) is 3.70. The lowest BCUT2D eigenvalue weighted by molar-refractivity contribution is -0.120. The first kappa shape index (κ1) is 12.0. The molecule has 0 saturated carbocycles. The molecule has 7 heteroatoms. The van der Waals surface area contributed by atoms with E-state index in [1.807, 2.05) is 0 Å². The Morgan fingerprint density at radius 3 is 3.12 bits per heavy atom. The Hall–Kier alpha value is -1.47. The topological polar surface area (TPSA) is 88.3 Å². The number of hydrogen-bond acceptors (Lipinski definition) is 5. The molecule has 2 rings (SSSR count). The van der Waals surface area contributed by atoms with Gasteiger partial charge in [-0.15, -0.1) is 11.3 Å². The number of amides is 2. The van der Waals surface area contributed by atoms with Crippen LogP contribution in [0.4, 0.5) is 0 Å². The van der Waals surface area contributed by atoms with Gasteiger partial charge in [0.1, 0.15) is 10.7 Å². The average molecular weight is 254 g/mol. The monoisotopic (exact) mass is 254 g/mol. The summed E-state index contributed by atoms with van der Waals surface area (Å²) < 4.78 is 0. The first-order chi connectivity index (χ1) is 8.20. The minimum atomic E-state index is -0.127. The van der Waals surface area contributed by atoms with Crippen LogP contribution >= 0.6 is 11.3 Å². The van der Waals surface area contributed by atoms with Crippen LogP contribution in [0.1, 0.15) is 21.9 Å². The quantitative estimate of drug-likeness (QED) is 0.749. The number of nitrogens with two attached hydrogens (primary N) is 1. The molecule has 1 fully saturated rings. The molecule has 0 atom stereocenters. The van der Waals surface area contributed by atoms with Gasteiger partial charge in [-0.2, -0.15) is 0 Å². The predicted octanol–water partition coefficient (Wildman–Crippen LogP) is -0.436. The van der Waals surface area contributed by atoms with Crippen LogP contribution in [-0.4, -0.2) is 41.3 Å². The van der Waals surface area contributed by atoms with Gasteiger partial charge < -0.3 is 16.0 Å². The number of nitrogens with one attached hydrogen (secondary N) is 1. The molecule has 1 aliphatic heterocycles. The molecule has 1 aromatic heterocycles. The van der Waals surface area contributed by atoms with E-state index < -0.39 is 0 Å². The fraction of sp³-hybridized carbons (Fsp3) is 0.500. The van der Waals surface area contributed by atoms with Crippen molar-refractivity contribution >= 4 is 23.2 Å². The normalized spacial score (nSPS) is 16.5. The zero-order chi connectivity index (χ0) is 12.3. The number of carbonyl (C=O) groups is 2. The smallest absolute Gasteiger partial charge is 0.273 e. The van der Waals surface area contributed by atoms with Crippen LogP contribution in [-0.2, 0) is 11.3 Å². The summed E-state index contributed by atoms with van der Waals surface area (Å²) in [5, 5.41) is 5.19. The van der Waals surface area contributed by atoms with Crippen LogP contribution in [0.3, 0.4) is 0 Å². The lowest BCUT2D eigenvalue weighted by Crippen LogP contribution is -2.34. The van der Waals surface area contributed by atoms with E-state index in [0.29, 0.717) is 38.3 Å². The van der Waals surface area contributed by atoms with Gasteiger partial charge >= 0.3 is 0 Å². The van der Waals surface area contributed by atoms with E-state index in [9.17, 15) is 9.59 Å². The molecule has 0 unspecified atom stereocenters. The first-order valence-corrected chi connectivity index (χ1v) is 6.29. The molecule has 0 aromatic carbocycles. The Morgan fingerprint density at radius 2 is 2.41 bits per heavy atom. The summed E-state index contributed by atoms with van der Waals surface area (Å²) in [6.07, 6.45) is 0.347. The van der Waals surface area contributed by atoms with Gasteiger partial charge in [0.2, 0.25) is 5.91 Å². The summed E-state index contributed by atoms with van der Waals surface area (Å²) in [5.41, 5.74) is 5.87. The second-order valence-corrected chi connectivity index (χ2v) is 4.67. The van der Waals surface area contributed by atoms with E-state index >= 15 is 0 Å². The maximum Gasteiger partial charge on any atom is 0.273 e. The molecule has 1 aliphatic rings. The molecular weight excluding hydrogens is 240 g/mol. The number of aromatic nitrogens is 1. The van der Waals surface area contributed by atoms with Crippen molar-refractivity contribution < 1.29 is 9.59 Å². The zero-order valence-corrected chi connectivity index (χ0v) is 10.1. The highest BCUT2D eigenvalue weighted by atomic mass is 32.1. The lowest BCUT2D eigenvalue weighted by Gasteiger charge is -2.17. The maximum atomic E-state index is 12.1. The largest absolute Gasteiger partial charge is 0.354 e. The Morgan fingerprint density at radius 1 is 1.59 bits per heavy atom. The number of hydrogen-bond donors (Lipinski definition) is 2. The van der Waals surface area contributed by atoms with Crippen LogP contribution in [0.2, 0.25) is 0 Å².